The van der Waals surface area contributed by atoms with Crippen molar-refractivity contribution in [1.29, 1.82) is 0 Å². The topological polar surface area (TPSA) is 79.5 Å². The van der Waals surface area contributed by atoms with Gasteiger partial charge in [-0.25, -0.2) is 13.1 Å². The van der Waals surface area contributed by atoms with Crippen molar-refractivity contribution in [3.63, 3.8) is 0 Å². The zero-order chi connectivity index (χ0) is 13.8. The van der Waals surface area contributed by atoms with Crippen LogP contribution in [0.4, 0.5) is 0 Å². The smallest absolute Gasteiger partial charge is 0.244 e. The molecular formula is C11H19NO4S2. The second-order valence-corrected chi connectivity index (χ2v) is 6.97. The van der Waals surface area contributed by atoms with Crippen molar-refractivity contribution in [2.45, 2.75) is 38.3 Å². The zero-order valence-electron chi connectivity index (χ0n) is 10.8. The minimum Gasteiger partial charge on any atom is -0.462 e. The molecule has 18 heavy (non-hydrogen) atoms. The van der Waals surface area contributed by atoms with Crippen molar-refractivity contribution in [1.82, 2.24) is 4.72 Å². The van der Waals surface area contributed by atoms with Gasteiger partial charge in [-0.3, -0.25) is 0 Å². The molecule has 0 fully saturated rings. The Bertz CT molecular complexity index is 481. The van der Waals surface area contributed by atoms with Crippen molar-refractivity contribution >= 4 is 21.8 Å². The third-order valence-electron chi connectivity index (χ3n) is 2.30. The Morgan fingerprint density at radius 3 is 2.72 bits per heavy atom. The Labute approximate surface area is 112 Å². The van der Waals surface area contributed by atoms with Gasteiger partial charge in [0.25, 0.3) is 0 Å². The fourth-order valence-electron chi connectivity index (χ4n) is 1.53. The summed E-state index contributed by atoms with van der Waals surface area (Å²) in [5, 5.41) is 8.93. The molecule has 0 radical (unpaired) electrons. The number of rotatable bonds is 7. The van der Waals surface area contributed by atoms with Crippen LogP contribution in [0.3, 0.4) is 0 Å². The van der Waals surface area contributed by atoms with Gasteiger partial charge in [-0.15, -0.1) is 0 Å². The van der Waals surface area contributed by atoms with E-state index in [4.69, 9.17) is 9.52 Å². The first-order chi connectivity index (χ1) is 8.40. The van der Waals surface area contributed by atoms with Crippen LogP contribution in [0.2, 0.25) is 0 Å². The van der Waals surface area contributed by atoms with Crippen molar-refractivity contribution < 1.29 is 17.9 Å². The number of nitrogens with one attached hydrogen (secondary N) is 1. The van der Waals surface area contributed by atoms with Gasteiger partial charge in [-0.05, 0) is 19.6 Å². The van der Waals surface area contributed by atoms with E-state index in [0.29, 0.717) is 5.76 Å². The highest BCUT2D eigenvalue weighted by atomic mass is 32.2. The molecule has 0 saturated heterocycles. The molecule has 2 N–H and O–H groups in total. The van der Waals surface area contributed by atoms with Gasteiger partial charge in [-0.1, -0.05) is 6.92 Å². The molecule has 0 spiro atoms. The van der Waals surface area contributed by atoms with E-state index in [1.807, 2.05) is 13.8 Å². The van der Waals surface area contributed by atoms with E-state index in [9.17, 15) is 8.42 Å². The van der Waals surface area contributed by atoms with Crippen molar-refractivity contribution in [2.75, 3.05) is 11.5 Å². The first kappa shape index (κ1) is 15.6. The van der Waals surface area contributed by atoms with Gasteiger partial charge in [0, 0.05) is 17.9 Å². The average molecular weight is 293 g/mol. The quantitative estimate of drug-likeness (QED) is 0.796. The third-order valence-corrected chi connectivity index (χ3v) is 5.14. The maximum atomic E-state index is 12.1. The molecule has 1 atom stereocenters. The molecule has 0 saturated carbocycles. The number of aliphatic hydroxyl groups is 1. The molecule has 5 nitrogen and oxygen atoms in total. The second-order valence-electron chi connectivity index (χ2n) is 3.97. The maximum absolute atomic E-state index is 12.1. The molecule has 0 aliphatic rings. The summed E-state index contributed by atoms with van der Waals surface area (Å²) >= 11 is 1.68. The number of aryl methyl sites for hydroxylation is 1. The third kappa shape index (κ3) is 4.01. The predicted molar refractivity (Wildman–Crippen MR) is 72.2 cm³/mol. The number of hydrogen-bond acceptors (Lipinski definition) is 5. The number of aliphatic hydroxyl groups excluding tert-OH is 1. The van der Waals surface area contributed by atoms with E-state index < -0.39 is 10.0 Å². The Morgan fingerprint density at radius 1 is 1.56 bits per heavy atom. The molecule has 0 aromatic carbocycles. The van der Waals surface area contributed by atoms with Crippen LogP contribution in [-0.4, -0.2) is 31.1 Å². The summed E-state index contributed by atoms with van der Waals surface area (Å²) in [5.74, 6) is 2.22. The zero-order valence-corrected chi connectivity index (χ0v) is 12.4. The van der Waals surface area contributed by atoms with Gasteiger partial charge < -0.3 is 9.52 Å². The molecule has 104 valence electrons. The molecule has 1 unspecified atom stereocenters. The first-order valence-electron chi connectivity index (χ1n) is 5.71. The van der Waals surface area contributed by atoms with Crippen LogP contribution in [0.15, 0.2) is 15.4 Å². The van der Waals surface area contributed by atoms with Gasteiger partial charge >= 0.3 is 0 Å². The number of thioether (sulfide) groups is 1. The van der Waals surface area contributed by atoms with Crippen LogP contribution in [0.5, 0.6) is 0 Å². The molecule has 1 heterocycles. The van der Waals surface area contributed by atoms with E-state index in [-0.39, 0.29) is 23.3 Å². The summed E-state index contributed by atoms with van der Waals surface area (Å²) in [6.07, 6.45) is 0. The van der Waals surface area contributed by atoms with E-state index in [1.165, 1.54) is 6.07 Å². The lowest BCUT2D eigenvalue weighted by atomic mass is 10.4. The van der Waals surface area contributed by atoms with Gasteiger partial charge in [0.15, 0.2) is 0 Å². The van der Waals surface area contributed by atoms with E-state index in [1.54, 1.807) is 18.7 Å². The fourth-order valence-corrected chi connectivity index (χ4v) is 3.75. The first-order valence-corrected chi connectivity index (χ1v) is 8.34. The van der Waals surface area contributed by atoms with Gasteiger partial charge in [0.1, 0.15) is 23.0 Å². The molecule has 1 aromatic heterocycles. The van der Waals surface area contributed by atoms with E-state index in [0.717, 1.165) is 11.5 Å². The van der Waals surface area contributed by atoms with Crippen LogP contribution in [0.1, 0.15) is 25.4 Å². The Morgan fingerprint density at radius 2 is 2.22 bits per heavy atom. The summed E-state index contributed by atoms with van der Waals surface area (Å²) in [7, 11) is -3.58. The summed E-state index contributed by atoms with van der Waals surface area (Å²) in [6.45, 7) is 5.11. The van der Waals surface area contributed by atoms with Gasteiger partial charge in [-0.2, -0.15) is 11.8 Å². The molecule has 0 bridgehead atoms. The highest BCUT2D eigenvalue weighted by Gasteiger charge is 2.23. The number of furan rings is 1. The van der Waals surface area contributed by atoms with Gasteiger partial charge in [0.2, 0.25) is 10.0 Å². The van der Waals surface area contributed by atoms with Crippen LogP contribution < -0.4 is 4.72 Å². The minimum absolute atomic E-state index is 0.0971. The minimum atomic E-state index is -3.58. The SMILES string of the molecule is CCSCC(C)NS(=O)(=O)c1cc(CO)oc1C. The van der Waals surface area contributed by atoms with Crippen molar-refractivity contribution in [2.24, 2.45) is 0 Å². The predicted octanol–water partition coefficient (Wildman–Crippen LogP) is 1.50. The molecule has 1 aromatic rings. The highest BCUT2D eigenvalue weighted by Crippen LogP contribution is 2.20. The summed E-state index contributed by atoms with van der Waals surface area (Å²) in [4.78, 5) is 0.0971. The van der Waals surface area contributed by atoms with Crippen LogP contribution >= 0.6 is 11.8 Å². The molecular weight excluding hydrogens is 274 g/mol. The Hall–Kier alpha value is -0.500. The lowest BCUT2D eigenvalue weighted by Crippen LogP contribution is -2.34. The number of hydrogen-bond donors (Lipinski definition) is 2. The fraction of sp³-hybridized carbons (Fsp3) is 0.636. The van der Waals surface area contributed by atoms with Crippen molar-refractivity contribution in [3.05, 3.63) is 17.6 Å². The maximum Gasteiger partial charge on any atom is 0.244 e. The molecule has 0 aliphatic heterocycles. The van der Waals surface area contributed by atoms with Crippen molar-refractivity contribution in [3.8, 4) is 0 Å². The van der Waals surface area contributed by atoms with Crippen LogP contribution in [-0.2, 0) is 16.6 Å². The molecule has 1 rings (SSSR count). The number of sulfonamides is 1. The Balaban J connectivity index is 2.82. The molecule has 0 aliphatic carbocycles. The second kappa shape index (κ2) is 6.60. The normalized spacial score (nSPS) is 13.8. The standard InChI is InChI=1S/C11H19NO4S2/c1-4-17-7-8(2)12-18(14,15)11-5-10(6-13)16-9(11)3/h5,8,12-13H,4,6-7H2,1-3H3. The monoisotopic (exact) mass is 293 g/mol. The van der Waals surface area contributed by atoms with E-state index >= 15 is 0 Å². The lowest BCUT2D eigenvalue weighted by Gasteiger charge is -2.12. The molecule has 0 amide bonds. The van der Waals surface area contributed by atoms with E-state index in [2.05, 4.69) is 4.72 Å². The molecule has 7 heteroatoms. The van der Waals surface area contributed by atoms with Crippen LogP contribution in [0.25, 0.3) is 0 Å². The largest absolute Gasteiger partial charge is 0.462 e. The summed E-state index contributed by atoms with van der Waals surface area (Å²) in [5.41, 5.74) is 0. The van der Waals surface area contributed by atoms with Crippen LogP contribution in [0, 0.1) is 6.92 Å². The lowest BCUT2D eigenvalue weighted by molar-refractivity contribution is 0.244. The Kier molecular flexibility index (Phi) is 5.71. The highest BCUT2D eigenvalue weighted by molar-refractivity contribution is 7.99. The summed E-state index contributed by atoms with van der Waals surface area (Å²) < 4.78 is 31.9. The average Bonchev–Trinajstić information content (AvgIpc) is 2.68. The summed E-state index contributed by atoms with van der Waals surface area (Å²) in [6, 6.07) is 1.21. The van der Waals surface area contributed by atoms with Gasteiger partial charge in [0.05, 0.1) is 0 Å².